The summed E-state index contributed by atoms with van der Waals surface area (Å²) in [5, 5.41) is 11.1. The Morgan fingerprint density at radius 2 is 0.496 bits per heavy atom. The molecular weight excluding hydrogens is 1570 g/mol. The van der Waals surface area contributed by atoms with Crippen LogP contribution < -0.4 is 0 Å². The van der Waals surface area contributed by atoms with Crippen LogP contribution in [-0.2, 0) is 16.2 Å². The molecule has 0 fully saturated rings. The summed E-state index contributed by atoms with van der Waals surface area (Å²) in [5.74, 6) is 0. The van der Waals surface area contributed by atoms with E-state index in [0.29, 0.717) is 0 Å². The normalized spacial score (nSPS) is 13.2. The molecule has 8 nitrogen and oxygen atoms in total. The molecule has 0 saturated carbocycles. The van der Waals surface area contributed by atoms with Crippen molar-refractivity contribution in [1.29, 1.82) is 0 Å². The molecule has 3 aliphatic carbocycles. The van der Waals surface area contributed by atoms with Crippen LogP contribution in [0.2, 0.25) is 0 Å². The molecule has 0 radical (unpaired) electrons. The van der Waals surface area contributed by atoms with E-state index in [2.05, 4.69) is 383 Å². The van der Waals surface area contributed by atoms with E-state index in [0.717, 1.165) is 84.4 Å². The molecule has 22 aromatic rings. The molecule has 8 heterocycles. The number of benzene rings is 14. The summed E-state index contributed by atoms with van der Waals surface area (Å²) in [7, 11) is 0. The Labute approximate surface area is 749 Å². The van der Waals surface area contributed by atoms with E-state index in [4.69, 9.17) is 19.9 Å². The fraction of sp³-hybridized carbons (Fsp3) is 0.0744. The second-order valence-corrected chi connectivity index (χ2v) is 35.6. The lowest BCUT2D eigenvalue weighted by Crippen LogP contribution is -2.16. The Morgan fingerprint density at radius 1 is 0.202 bits per heavy atom. The summed E-state index contributed by atoms with van der Waals surface area (Å²) in [4.78, 5) is 38.9. The summed E-state index contributed by atoms with van der Waals surface area (Å²) < 4.78 is 0. The van der Waals surface area contributed by atoms with E-state index in [9.17, 15) is 0 Å². The van der Waals surface area contributed by atoms with Gasteiger partial charge in [-0.15, -0.1) is 0 Å². The average Bonchev–Trinajstić information content (AvgIpc) is 1.62. The maximum Gasteiger partial charge on any atom is 0.0900 e. The standard InChI is InChI=1S/C43H30N4.2C39H28N2/c1-43(2)33-14-6-5-13-32(33)42-41(43)39(40-31-12-4-3-11-28(31)21-22-36(40)47-42)29-19-17-27(18-20-29)30-25-37(34-15-7-9-23-44-34)46-38(26-30)35-16-8-10-24-45-35;1-39(2)32-12-6-5-11-31(32)38-37(39)35(36-30-10-4-3-9-27(30)22-23-34(36)41-38)29-20-16-26(17-21-29)25-14-18-28(19-15-25)33-13-7-8-24-40-33;1-39(2)33-12-6-5-11-32(33)38-37(39)35(36-31-10-4-3-8-28(31)21-22-34(36)41-38)29-19-17-26(18-20-29)25-13-15-27(16-14-25)30-9-7-23-40-24-30/h3-26H,1-2H3;2*3-24H,1-2H3. The first kappa shape index (κ1) is 77.6. The third kappa shape index (κ3) is 13.3. The van der Waals surface area contributed by atoms with Gasteiger partial charge >= 0.3 is 0 Å². The maximum absolute atomic E-state index is 5.35. The van der Waals surface area contributed by atoms with Crippen molar-refractivity contribution in [3.05, 3.63) is 447 Å². The number of hydrogen-bond acceptors (Lipinski definition) is 8. The minimum absolute atomic E-state index is 0.166. The Kier molecular flexibility index (Phi) is 18.8. The van der Waals surface area contributed by atoms with Gasteiger partial charge in [-0.05, 0) is 216 Å². The van der Waals surface area contributed by atoms with Crippen LogP contribution in [0.3, 0.4) is 0 Å². The molecule has 8 heteroatoms. The number of aromatic nitrogens is 8. The van der Waals surface area contributed by atoms with Crippen molar-refractivity contribution in [3.8, 4) is 146 Å². The predicted molar refractivity (Wildman–Crippen MR) is 534 cm³/mol. The van der Waals surface area contributed by atoms with Crippen LogP contribution >= 0.6 is 0 Å². The number of hydrogen-bond donors (Lipinski definition) is 0. The summed E-state index contributed by atoms with van der Waals surface area (Å²) in [6, 6.07) is 136. The highest BCUT2D eigenvalue weighted by molar-refractivity contribution is 6.19. The topological polar surface area (TPSA) is 103 Å². The molecule has 0 aliphatic heterocycles. The van der Waals surface area contributed by atoms with Gasteiger partial charge in [0, 0.05) is 85.6 Å². The van der Waals surface area contributed by atoms with Crippen molar-refractivity contribution in [2.24, 2.45) is 0 Å². The molecule has 0 bridgehead atoms. The van der Waals surface area contributed by atoms with Crippen LogP contribution in [0.5, 0.6) is 0 Å². The van der Waals surface area contributed by atoms with Gasteiger partial charge < -0.3 is 0 Å². The van der Waals surface area contributed by atoms with Crippen LogP contribution in [0.25, 0.3) is 211 Å². The molecule has 0 atom stereocenters. The number of nitrogens with zero attached hydrogens (tertiary/aromatic N) is 8. The van der Waals surface area contributed by atoms with Crippen molar-refractivity contribution in [2.75, 3.05) is 0 Å². The van der Waals surface area contributed by atoms with Crippen LogP contribution in [-0.4, -0.2) is 39.9 Å². The van der Waals surface area contributed by atoms with E-state index in [1.54, 1.807) is 12.4 Å². The molecule has 8 aromatic heterocycles. The van der Waals surface area contributed by atoms with Crippen molar-refractivity contribution in [1.82, 2.24) is 39.9 Å². The fourth-order valence-corrected chi connectivity index (χ4v) is 20.7. The molecule has 610 valence electrons. The van der Waals surface area contributed by atoms with Gasteiger partial charge in [-0.1, -0.05) is 351 Å². The maximum atomic E-state index is 5.35. The van der Waals surface area contributed by atoms with Gasteiger partial charge in [0.2, 0.25) is 0 Å². The van der Waals surface area contributed by atoms with Gasteiger partial charge in [0.15, 0.2) is 0 Å². The summed E-state index contributed by atoms with van der Waals surface area (Å²) in [6.45, 7) is 14.1. The highest BCUT2D eigenvalue weighted by Gasteiger charge is 2.43. The first-order valence-corrected chi connectivity index (χ1v) is 44.3. The second kappa shape index (κ2) is 31.2. The van der Waals surface area contributed by atoms with Crippen LogP contribution in [0.4, 0.5) is 0 Å². The minimum atomic E-state index is -0.210. The highest BCUT2D eigenvalue weighted by Crippen LogP contribution is 2.58. The molecular formula is C121H86N8. The SMILES string of the molecule is CC1(C)c2ccccc2-c2nc3ccc4ccccc4c3c(-c3ccc(-c4cc(-c5ccccn5)nc(-c5ccccn5)c4)cc3)c21.CC1(C)c2ccccc2-c2nc3ccc4ccccc4c3c(-c3ccc(-c4ccc(-c5ccccn5)cc4)cc3)c21.CC1(C)c2ccccc2-c2nc3ccc4ccccc4c3c(-c3ccc(-c4ccc(-c5cccnc5)cc4)cc3)c21. The highest BCUT2D eigenvalue weighted by atomic mass is 14.8. The summed E-state index contributed by atoms with van der Waals surface area (Å²) >= 11 is 0. The Bertz CT molecular complexity index is 7810. The van der Waals surface area contributed by atoms with Gasteiger partial charge in [0.1, 0.15) is 0 Å². The zero-order valence-corrected chi connectivity index (χ0v) is 72.3. The molecule has 0 spiro atoms. The predicted octanol–water partition coefficient (Wildman–Crippen LogP) is 30.7. The summed E-state index contributed by atoms with van der Waals surface area (Å²) in [6.07, 6.45) is 9.17. The van der Waals surface area contributed by atoms with Crippen LogP contribution in [0.1, 0.15) is 74.9 Å². The molecule has 0 saturated heterocycles. The lowest BCUT2D eigenvalue weighted by Gasteiger charge is -2.25. The van der Waals surface area contributed by atoms with E-state index >= 15 is 0 Å². The third-order valence-electron chi connectivity index (χ3n) is 27.0. The zero-order valence-electron chi connectivity index (χ0n) is 72.3. The largest absolute Gasteiger partial charge is 0.264 e. The van der Waals surface area contributed by atoms with Gasteiger partial charge in [0.05, 0.1) is 62.1 Å². The van der Waals surface area contributed by atoms with Crippen molar-refractivity contribution in [2.45, 2.75) is 57.8 Å². The molecule has 0 amide bonds. The molecule has 14 aromatic carbocycles. The Hall–Kier alpha value is -16.2. The Balaban J connectivity index is 0.000000111. The van der Waals surface area contributed by atoms with E-state index in [1.165, 1.54) is 160 Å². The van der Waals surface area contributed by atoms with Gasteiger partial charge in [-0.25, -0.2) is 19.9 Å². The number of fused-ring (bicyclic) bond motifs is 18. The van der Waals surface area contributed by atoms with E-state index in [-0.39, 0.29) is 16.2 Å². The summed E-state index contributed by atoms with van der Waals surface area (Å²) in [5.41, 5.74) is 39.6. The lowest BCUT2D eigenvalue weighted by molar-refractivity contribution is 0.661. The number of rotatable bonds is 10. The number of pyridine rings is 8. The monoisotopic (exact) mass is 1650 g/mol. The molecule has 129 heavy (non-hydrogen) atoms. The zero-order chi connectivity index (χ0) is 86.6. The minimum Gasteiger partial charge on any atom is -0.264 e. The first-order valence-electron chi connectivity index (χ1n) is 44.3. The van der Waals surface area contributed by atoms with Gasteiger partial charge in [-0.3, -0.25) is 19.9 Å². The first-order chi connectivity index (χ1) is 63.2. The smallest absolute Gasteiger partial charge is 0.0900 e. The fourth-order valence-electron chi connectivity index (χ4n) is 20.7. The van der Waals surface area contributed by atoms with Crippen molar-refractivity contribution < 1.29 is 0 Å². The molecule has 0 unspecified atom stereocenters. The van der Waals surface area contributed by atoms with Gasteiger partial charge in [0.25, 0.3) is 0 Å². The molecule has 3 aliphatic rings. The average molecular weight is 1650 g/mol. The molecule has 25 rings (SSSR count). The second-order valence-electron chi connectivity index (χ2n) is 35.6. The van der Waals surface area contributed by atoms with Crippen molar-refractivity contribution >= 4 is 65.0 Å². The Morgan fingerprint density at radius 3 is 0.829 bits per heavy atom. The van der Waals surface area contributed by atoms with Crippen LogP contribution in [0, 0.1) is 0 Å². The van der Waals surface area contributed by atoms with Crippen LogP contribution in [0.15, 0.2) is 413 Å². The molecule has 0 N–H and O–H groups in total. The lowest BCUT2D eigenvalue weighted by atomic mass is 9.78. The van der Waals surface area contributed by atoms with E-state index in [1.807, 2.05) is 79.3 Å². The quantitative estimate of drug-likeness (QED) is 0.125. The van der Waals surface area contributed by atoms with Crippen molar-refractivity contribution in [3.63, 3.8) is 0 Å². The van der Waals surface area contributed by atoms with E-state index < -0.39 is 0 Å². The third-order valence-corrected chi connectivity index (χ3v) is 27.0. The van der Waals surface area contributed by atoms with Gasteiger partial charge in [-0.2, -0.15) is 0 Å².